The Bertz CT molecular complexity index is 836. The summed E-state index contributed by atoms with van der Waals surface area (Å²) < 4.78 is 8.01. The molecule has 5 nitrogen and oxygen atoms in total. The van der Waals surface area contributed by atoms with E-state index >= 15 is 0 Å². The lowest BCUT2D eigenvalue weighted by Crippen LogP contribution is -2.11. The van der Waals surface area contributed by atoms with Crippen molar-refractivity contribution in [3.05, 3.63) is 64.3 Å². The molecule has 22 heavy (non-hydrogen) atoms. The summed E-state index contributed by atoms with van der Waals surface area (Å²) in [6.07, 6.45) is 3.37. The van der Waals surface area contributed by atoms with E-state index in [9.17, 15) is 4.79 Å². The molecule has 0 fully saturated rings. The second-order valence-corrected chi connectivity index (χ2v) is 5.76. The number of nitrogens with zero attached hydrogens (tertiary/aromatic N) is 2. The highest BCUT2D eigenvalue weighted by Crippen LogP contribution is 2.22. The van der Waals surface area contributed by atoms with Gasteiger partial charge < -0.3 is 9.73 Å². The molecule has 0 aliphatic carbocycles. The monoisotopic (exact) mass is 359 g/mol. The highest BCUT2D eigenvalue weighted by molar-refractivity contribution is 9.10. The molecule has 3 rings (SSSR count). The maximum absolute atomic E-state index is 12.2. The number of furan rings is 1. The zero-order valence-corrected chi connectivity index (χ0v) is 13.7. The summed E-state index contributed by atoms with van der Waals surface area (Å²) in [5, 5.41) is 7.09. The average Bonchev–Trinajstić information content (AvgIpc) is 3.06. The molecule has 112 valence electrons. The van der Waals surface area contributed by atoms with Crippen molar-refractivity contribution >= 4 is 27.5 Å². The van der Waals surface area contributed by atoms with Crippen molar-refractivity contribution in [2.24, 2.45) is 0 Å². The zero-order valence-electron chi connectivity index (χ0n) is 12.1. The number of halogens is 1. The van der Waals surface area contributed by atoms with Crippen LogP contribution in [-0.4, -0.2) is 15.7 Å². The van der Waals surface area contributed by atoms with E-state index in [1.54, 1.807) is 30.1 Å². The lowest BCUT2D eigenvalue weighted by atomic mass is 10.2. The minimum atomic E-state index is -0.207. The van der Waals surface area contributed by atoms with Crippen molar-refractivity contribution in [3.63, 3.8) is 0 Å². The predicted molar refractivity (Wildman–Crippen MR) is 87.4 cm³/mol. The van der Waals surface area contributed by atoms with Crippen molar-refractivity contribution in [2.75, 3.05) is 5.32 Å². The third-order valence-corrected chi connectivity index (χ3v) is 3.90. The van der Waals surface area contributed by atoms with E-state index in [2.05, 4.69) is 26.3 Å². The van der Waals surface area contributed by atoms with Crippen molar-refractivity contribution in [2.45, 2.75) is 13.8 Å². The van der Waals surface area contributed by atoms with Gasteiger partial charge in [0.2, 0.25) is 0 Å². The highest BCUT2D eigenvalue weighted by Gasteiger charge is 2.14. The number of carbonyl (C=O) groups excluding carboxylic acids is 1. The second kappa shape index (κ2) is 5.81. The Labute approximate surface area is 136 Å². The van der Waals surface area contributed by atoms with Crippen LogP contribution in [0.5, 0.6) is 0 Å². The first kappa shape index (κ1) is 14.6. The van der Waals surface area contributed by atoms with E-state index in [1.807, 2.05) is 31.2 Å². The van der Waals surface area contributed by atoms with Crippen LogP contribution in [0.1, 0.15) is 21.9 Å². The summed E-state index contributed by atoms with van der Waals surface area (Å²) in [6.45, 7) is 3.58. The van der Waals surface area contributed by atoms with Crippen molar-refractivity contribution < 1.29 is 9.21 Å². The first-order valence-electron chi connectivity index (χ1n) is 6.72. The Kier molecular flexibility index (Phi) is 3.85. The van der Waals surface area contributed by atoms with Crippen molar-refractivity contribution in [1.29, 1.82) is 0 Å². The molecule has 0 bridgehead atoms. The molecular weight excluding hydrogens is 346 g/mol. The molecule has 0 unspecified atom stereocenters. The molecule has 0 aliphatic rings. The van der Waals surface area contributed by atoms with Crippen LogP contribution in [-0.2, 0) is 0 Å². The van der Waals surface area contributed by atoms with Crippen molar-refractivity contribution in [3.8, 4) is 5.69 Å². The van der Waals surface area contributed by atoms with Gasteiger partial charge in [0.05, 0.1) is 29.3 Å². The van der Waals surface area contributed by atoms with E-state index in [4.69, 9.17) is 4.42 Å². The van der Waals surface area contributed by atoms with E-state index in [0.29, 0.717) is 22.8 Å². The molecule has 1 aromatic carbocycles. The van der Waals surface area contributed by atoms with Gasteiger partial charge in [-0.3, -0.25) is 4.79 Å². The number of anilines is 1. The fourth-order valence-electron chi connectivity index (χ4n) is 2.21. The Balaban J connectivity index is 1.82. The van der Waals surface area contributed by atoms with Gasteiger partial charge in [-0.15, -0.1) is 0 Å². The van der Waals surface area contributed by atoms with Crippen molar-refractivity contribution in [1.82, 2.24) is 9.78 Å². The molecule has 1 amide bonds. The zero-order chi connectivity index (χ0) is 15.7. The van der Waals surface area contributed by atoms with Gasteiger partial charge in [0.15, 0.2) is 0 Å². The fourth-order valence-corrected chi connectivity index (χ4v) is 2.68. The SMILES string of the molecule is Cc1cc(C(=O)Nc2cnn(-c3ccccc3Br)c2)c(C)o1. The molecule has 2 heterocycles. The predicted octanol–water partition coefficient (Wildman–Crippen LogP) is 4.10. The quantitative estimate of drug-likeness (QED) is 0.765. The Morgan fingerprint density at radius 3 is 2.77 bits per heavy atom. The largest absolute Gasteiger partial charge is 0.466 e. The molecule has 6 heteroatoms. The van der Waals surface area contributed by atoms with Crippen LogP contribution in [0.15, 0.2) is 51.6 Å². The molecule has 2 aromatic heterocycles. The lowest BCUT2D eigenvalue weighted by molar-refractivity contribution is 0.102. The minimum Gasteiger partial charge on any atom is -0.466 e. The number of rotatable bonds is 3. The van der Waals surface area contributed by atoms with Gasteiger partial charge in [-0.05, 0) is 48.0 Å². The standard InChI is InChI=1S/C16H14BrN3O2/c1-10-7-13(11(2)22-10)16(21)19-12-8-18-20(9-12)15-6-4-3-5-14(15)17/h3-9H,1-2H3,(H,19,21). The van der Waals surface area contributed by atoms with Gasteiger partial charge in [0, 0.05) is 4.47 Å². The molecule has 3 aromatic rings. The Hall–Kier alpha value is -2.34. The molecule has 0 radical (unpaired) electrons. The van der Waals surface area contributed by atoms with Crippen LogP contribution in [0, 0.1) is 13.8 Å². The minimum absolute atomic E-state index is 0.207. The Morgan fingerprint density at radius 2 is 2.09 bits per heavy atom. The van der Waals surface area contributed by atoms with Crippen LogP contribution in [0.3, 0.4) is 0 Å². The van der Waals surface area contributed by atoms with Crippen LogP contribution < -0.4 is 5.32 Å². The lowest BCUT2D eigenvalue weighted by Gasteiger charge is -2.03. The number of hydrogen-bond acceptors (Lipinski definition) is 3. The topological polar surface area (TPSA) is 60.1 Å². The number of benzene rings is 1. The van der Waals surface area contributed by atoms with E-state index in [-0.39, 0.29) is 5.91 Å². The number of nitrogens with one attached hydrogen (secondary N) is 1. The summed E-state index contributed by atoms with van der Waals surface area (Å²) in [5.41, 5.74) is 2.06. The Morgan fingerprint density at radius 1 is 1.32 bits per heavy atom. The van der Waals surface area contributed by atoms with Crippen LogP contribution in [0.2, 0.25) is 0 Å². The van der Waals surface area contributed by atoms with Gasteiger partial charge in [-0.1, -0.05) is 12.1 Å². The van der Waals surface area contributed by atoms with E-state index < -0.39 is 0 Å². The highest BCUT2D eigenvalue weighted by atomic mass is 79.9. The third-order valence-electron chi connectivity index (χ3n) is 3.23. The van der Waals surface area contributed by atoms with E-state index in [1.165, 1.54) is 0 Å². The van der Waals surface area contributed by atoms with Gasteiger partial charge in [-0.2, -0.15) is 5.10 Å². The van der Waals surface area contributed by atoms with Gasteiger partial charge in [0.1, 0.15) is 11.5 Å². The second-order valence-electron chi connectivity index (χ2n) is 4.91. The normalized spacial score (nSPS) is 10.7. The first-order valence-corrected chi connectivity index (χ1v) is 7.52. The summed E-state index contributed by atoms with van der Waals surface area (Å²) in [6, 6.07) is 9.46. The molecular formula is C16H14BrN3O2. The van der Waals surface area contributed by atoms with E-state index in [0.717, 1.165) is 10.2 Å². The maximum Gasteiger partial charge on any atom is 0.259 e. The molecule has 0 saturated heterocycles. The van der Waals surface area contributed by atoms with Gasteiger partial charge in [0.25, 0.3) is 5.91 Å². The maximum atomic E-state index is 12.2. The summed E-state index contributed by atoms with van der Waals surface area (Å²) in [5.74, 6) is 1.11. The smallest absolute Gasteiger partial charge is 0.259 e. The van der Waals surface area contributed by atoms with Crippen LogP contribution in [0.25, 0.3) is 5.69 Å². The average molecular weight is 360 g/mol. The first-order chi connectivity index (χ1) is 10.5. The van der Waals surface area contributed by atoms with Gasteiger partial charge >= 0.3 is 0 Å². The number of aromatic nitrogens is 2. The number of hydrogen-bond donors (Lipinski definition) is 1. The number of amides is 1. The molecule has 0 aliphatic heterocycles. The summed E-state index contributed by atoms with van der Waals surface area (Å²) in [4.78, 5) is 12.2. The number of para-hydroxylation sites is 1. The van der Waals surface area contributed by atoms with Gasteiger partial charge in [-0.25, -0.2) is 4.68 Å². The fraction of sp³-hybridized carbons (Fsp3) is 0.125. The molecule has 0 saturated carbocycles. The summed E-state index contributed by atoms with van der Waals surface area (Å²) in [7, 11) is 0. The van der Waals surface area contributed by atoms with Crippen LogP contribution >= 0.6 is 15.9 Å². The number of aryl methyl sites for hydroxylation is 2. The number of carbonyl (C=O) groups is 1. The molecule has 0 spiro atoms. The summed E-state index contributed by atoms with van der Waals surface area (Å²) >= 11 is 3.48. The molecule has 0 atom stereocenters. The third kappa shape index (κ3) is 2.82. The van der Waals surface area contributed by atoms with Crippen LogP contribution in [0.4, 0.5) is 5.69 Å². The molecule has 1 N–H and O–H groups in total.